The van der Waals surface area contributed by atoms with E-state index in [2.05, 4.69) is 5.32 Å². The maximum Gasteiger partial charge on any atom is 0.269 e. The third-order valence-electron chi connectivity index (χ3n) is 3.70. The minimum Gasteiger partial charge on any atom is -0.378 e. The van der Waals surface area contributed by atoms with Gasteiger partial charge in [-0.05, 0) is 47.9 Å². The third kappa shape index (κ3) is 5.76. The van der Waals surface area contributed by atoms with E-state index in [1.807, 2.05) is 43.3 Å². The number of hydrogen-bond acceptors (Lipinski definition) is 4. The molecule has 0 spiro atoms. The summed E-state index contributed by atoms with van der Waals surface area (Å²) in [5, 5.41) is 13.4. The smallest absolute Gasteiger partial charge is 0.269 e. The number of benzene rings is 2. The Morgan fingerprint density at radius 2 is 1.76 bits per heavy atom. The summed E-state index contributed by atoms with van der Waals surface area (Å²) in [6, 6.07) is 14.2. The normalized spacial score (nSPS) is 10.6. The molecular weight excluding hydrogens is 318 g/mol. The summed E-state index contributed by atoms with van der Waals surface area (Å²) in [5.74, 6) is -0.191. The van der Waals surface area contributed by atoms with Gasteiger partial charge in [-0.2, -0.15) is 0 Å². The largest absolute Gasteiger partial charge is 0.378 e. The van der Waals surface area contributed by atoms with Crippen LogP contribution in [-0.2, 0) is 11.2 Å². The van der Waals surface area contributed by atoms with Crippen LogP contribution in [-0.4, -0.2) is 31.5 Å². The Hall–Kier alpha value is -3.15. The van der Waals surface area contributed by atoms with E-state index < -0.39 is 4.92 Å². The number of carbonyl (C=O) groups is 1. The lowest BCUT2D eigenvalue weighted by molar-refractivity contribution is -0.384. The van der Waals surface area contributed by atoms with Gasteiger partial charge in [0.05, 0.1) is 4.92 Å². The van der Waals surface area contributed by atoms with Crippen molar-refractivity contribution >= 4 is 23.4 Å². The first-order valence-corrected chi connectivity index (χ1v) is 7.92. The van der Waals surface area contributed by atoms with Crippen LogP contribution in [0.3, 0.4) is 0 Å². The molecular formula is C19H21N3O3. The van der Waals surface area contributed by atoms with Crippen molar-refractivity contribution in [2.24, 2.45) is 0 Å². The van der Waals surface area contributed by atoms with Crippen LogP contribution in [0, 0.1) is 10.1 Å². The topological polar surface area (TPSA) is 75.5 Å². The molecule has 0 radical (unpaired) electrons. The third-order valence-corrected chi connectivity index (χ3v) is 3.70. The van der Waals surface area contributed by atoms with E-state index in [9.17, 15) is 14.9 Å². The Balaban J connectivity index is 1.79. The number of non-ortho nitro benzene ring substituents is 1. The molecule has 2 rings (SSSR count). The Kier molecular flexibility index (Phi) is 6.28. The van der Waals surface area contributed by atoms with Gasteiger partial charge in [0.2, 0.25) is 5.91 Å². The molecule has 0 saturated heterocycles. The number of hydrogen-bond donors (Lipinski definition) is 1. The van der Waals surface area contributed by atoms with Crippen LogP contribution >= 0.6 is 0 Å². The molecule has 0 bridgehead atoms. The van der Waals surface area contributed by atoms with Crippen LogP contribution in [0.5, 0.6) is 0 Å². The van der Waals surface area contributed by atoms with Gasteiger partial charge in [-0.3, -0.25) is 14.9 Å². The first kappa shape index (κ1) is 18.2. The maximum atomic E-state index is 11.8. The summed E-state index contributed by atoms with van der Waals surface area (Å²) in [6.45, 7) is 0.546. The van der Waals surface area contributed by atoms with E-state index in [0.717, 1.165) is 23.2 Å². The molecule has 130 valence electrons. The van der Waals surface area contributed by atoms with Crippen LogP contribution in [0.25, 0.3) is 6.08 Å². The molecule has 1 amide bonds. The number of nitrogens with one attached hydrogen (secondary N) is 1. The molecule has 0 atom stereocenters. The second-order valence-electron chi connectivity index (χ2n) is 5.78. The minimum absolute atomic E-state index is 0.0295. The van der Waals surface area contributed by atoms with Gasteiger partial charge in [-0.25, -0.2) is 0 Å². The first-order chi connectivity index (χ1) is 12.0. The summed E-state index contributed by atoms with van der Waals surface area (Å²) in [4.78, 5) is 24.0. The molecule has 0 aliphatic rings. The fourth-order valence-corrected chi connectivity index (χ4v) is 2.23. The van der Waals surface area contributed by atoms with Crippen molar-refractivity contribution in [1.82, 2.24) is 5.32 Å². The molecule has 0 aliphatic carbocycles. The van der Waals surface area contributed by atoms with Gasteiger partial charge in [0.1, 0.15) is 0 Å². The second kappa shape index (κ2) is 8.63. The van der Waals surface area contributed by atoms with Crippen LogP contribution in [0.2, 0.25) is 0 Å². The number of amides is 1. The molecule has 0 heterocycles. The van der Waals surface area contributed by atoms with E-state index in [1.54, 1.807) is 18.2 Å². The van der Waals surface area contributed by atoms with Crippen LogP contribution < -0.4 is 10.2 Å². The van der Waals surface area contributed by atoms with Gasteiger partial charge >= 0.3 is 0 Å². The number of nitro groups is 1. The summed E-state index contributed by atoms with van der Waals surface area (Å²) in [6.07, 6.45) is 3.81. The second-order valence-corrected chi connectivity index (χ2v) is 5.78. The van der Waals surface area contributed by atoms with Crippen molar-refractivity contribution in [1.29, 1.82) is 0 Å². The minimum atomic E-state index is -0.453. The Bertz CT molecular complexity index is 750. The SMILES string of the molecule is CN(C)c1ccc(CCNC(=O)/C=C/c2ccc([N+](=O)[O-])cc2)cc1. The Labute approximate surface area is 146 Å². The standard InChI is InChI=1S/C19H21N3O3/c1-21(2)17-8-3-16(4-9-17)13-14-20-19(23)12-7-15-5-10-18(11-6-15)22(24)25/h3-12H,13-14H2,1-2H3,(H,20,23)/b12-7+. The van der Waals surface area contributed by atoms with Crippen molar-refractivity contribution in [2.45, 2.75) is 6.42 Å². The van der Waals surface area contributed by atoms with Crippen LogP contribution in [0.15, 0.2) is 54.6 Å². The summed E-state index contributed by atoms with van der Waals surface area (Å²) < 4.78 is 0. The van der Waals surface area contributed by atoms with Crippen molar-refractivity contribution in [3.63, 3.8) is 0 Å². The van der Waals surface area contributed by atoms with E-state index in [-0.39, 0.29) is 11.6 Å². The van der Waals surface area contributed by atoms with Gasteiger partial charge in [0.15, 0.2) is 0 Å². The molecule has 0 aromatic heterocycles. The predicted octanol–water partition coefficient (Wildman–Crippen LogP) is 3.03. The molecule has 0 fully saturated rings. The van der Waals surface area contributed by atoms with Crippen molar-refractivity contribution in [3.8, 4) is 0 Å². The fraction of sp³-hybridized carbons (Fsp3) is 0.211. The first-order valence-electron chi connectivity index (χ1n) is 7.92. The van der Waals surface area contributed by atoms with E-state index >= 15 is 0 Å². The van der Waals surface area contributed by atoms with Crippen LogP contribution in [0.1, 0.15) is 11.1 Å². The van der Waals surface area contributed by atoms with Crippen molar-refractivity contribution in [2.75, 3.05) is 25.5 Å². The molecule has 25 heavy (non-hydrogen) atoms. The van der Waals surface area contributed by atoms with E-state index in [0.29, 0.717) is 6.54 Å². The predicted molar refractivity (Wildman–Crippen MR) is 99.6 cm³/mol. The van der Waals surface area contributed by atoms with E-state index in [1.165, 1.54) is 18.2 Å². The summed E-state index contributed by atoms with van der Waals surface area (Å²) in [5.41, 5.74) is 3.06. The maximum absolute atomic E-state index is 11.8. The zero-order chi connectivity index (χ0) is 18.2. The molecule has 0 aliphatic heterocycles. The number of nitro benzene ring substituents is 1. The number of nitrogens with zero attached hydrogens (tertiary/aromatic N) is 2. The highest BCUT2D eigenvalue weighted by molar-refractivity contribution is 5.91. The molecule has 1 N–H and O–H groups in total. The molecule has 0 unspecified atom stereocenters. The van der Waals surface area contributed by atoms with E-state index in [4.69, 9.17) is 0 Å². The Morgan fingerprint density at radius 1 is 1.12 bits per heavy atom. The number of anilines is 1. The van der Waals surface area contributed by atoms with Crippen LogP contribution in [0.4, 0.5) is 11.4 Å². The highest BCUT2D eigenvalue weighted by Gasteiger charge is 2.03. The molecule has 6 heteroatoms. The number of rotatable bonds is 7. The summed E-state index contributed by atoms with van der Waals surface area (Å²) >= 11 is 0. The van der Waals surface area contributed by atoms with Crippen molar-refractivity contribution in [3.05, 3.63) is 75.8 Å². The monoisotopic (exact) mass is 339 g/mol. The average molecular weight is 339 g/mol. The van der Waals surface area contributed by atoms with Gasteiger partial charge < -0.3 is 10.2 Å². The quantitative estimate of drug-likeness (QED) is 0.478. The molecule has 2 aromatic rings. The Morgan fingerprint density at radius 3 is 2.32 bits per heavy atom. The summed E-state index contributed by atoms with van der Waals surface area (Å²) in [7, 11) is 3.99. The van der Waals surface area contributed by atoms with Gasteiger partial charge in [-0.15, -0.1) is 0 Å². The molecule has 6 nitrogen and oxygen atoms in total. The highest BCUT2D eigenvalue weighted by Crippen LogP contribution is 2.13. The highest BCUT2D eigenvalue weighted by atomic mass is 16.6. The zero-order valence-corrected chi connectivity index (χ0v) is 14.3. The lowest BCUT2D eigenvalue weighted by atomic mass is 10.1. The van der Waals surface area contributed by atoms with Gasteiger partial charge in [0, 0.05) is 44.5 Å². The van der Waals surface area contributed by atoms with Gasteiger partial charge in [-0.1, -0.05) is 12.1 Å². The molecule has 2 aromatic carbocycles. The number of carbonyl (C=O) groups excluding carboxylic acids is 1. The van der Waals surface area contributed by atoms with Crippen molar-refractivity contribution < 1.29 is 9.72 Å². The lowest BCUT2D eigenvalue weighted by Crippen LogP contribution is -2.23. The fourth-order valence-electron chi connectivity index (χ4n) is 2.23. The lowest BCUT2D eigenvalue weighted by Gasteiger charge is -2.12. The zero-order valence-electron chi connectivity index (χ0n) is 14.3. The average Bonchev–Trinajstić information content (AvgIpc) is 2.60. The van der Waals surface area contributed by atoms with Gasteiger partial charge in [0.25, 0.3) is 5.69 Å². The molecule has 0 saturated carbocycles.